The summed E-state index contributed by atoms with van der Waals surface area (Å²) >= 11 is 0. The lowest BCUT2D eigenvalue weighted by Crippen LogP contribution is -1.94. The van der Waals surface area contributed by atoms with Crippen molar-refractivity contribution in [1.82, 2.24) is 4.98 Å². The van der Waals surface area contributed by atoms with Crippen molar-refractivity contribution in [3.63, 3.8) is 0 Å². The molecule has 2 aromatic rings. The monoisotopic (exact) mass is 243 g/mol. The lowest BCUT2D eigenvalue weighted by molar-refractivity contribution is 0.198. The molecule has 0 saturated carbocycles. The van der Waals surface area contributed by atoms with Gasteiger partial charge in [0.25, 0.3) is 0 Å². The summed E-state index contributed by atoms with van der Waals surface area (Å²) in [6.07, 6.45) is 2.10. The van der Waals surface area contributed by atoms with E-state index in [0.717, 1.165) is 17.7 Å². The van der Waals surface area contributed by atoms with Gasteiger partial charge in [-0.1, -0.05) is 19.1 Å². The van der Waals surface area contributed by atoms with E-state index >= 15 is 0 Å². The number of aryl methyl sites for hydroxylation is 1. The van der Waals surface area contributed by atoms with Crippen molar-refractivity contribution in [2.45, 2.75) is 26.4 Å². The van der Waals surface area contributed by atoms with Crippen molar-refractivity contribution in [1.29, 1.82) is 0 Å². The third kappa shape index (κ3) is 3.08. The van der Waals surface area contributed by atoms with Crippen LogP contribution in [-0.2, 0) is 6.42 Å². The van der Waals surface area contributed by atoms with Crippen LogP contribution in [-0.4, -0.2) is 10.1 Å². The first kappa shape index (κ1) is 12.6. The van der Waals surface area contributed by atoms with Gasteiger partial charge in [-0.3, -0.25) is 0 Å². The van der Waals surface area contributed by atoms with Gasteiger partial charge in [0.15, 0.2) is 0 Å². The Morgan fingerprint density at radius 3 is 2.72 bits per heavy atom. The fraction of sp³-hybridized carbons (Fsp3) is 0.267. The Hall–Kier alpha value is -1.87. The Balaban J connectivity index is 2.13. The molecule has 0 radical (unpaired) electrons. The molecule has 3 nitrogen and oxygen atoms in total. The molecule has 1 atom stereocenters. The molecule has 0 aliphatic rings. The van der Waals surface area contributed by atoms with E-state index in [1.54, 1.807) is 19.2 Å². The highest BCUT2D eigenvalue weighted by Gasteiger charge is 2.03. The Labute approximate surface area is 107 Å². The second-order valence-electron chi connectivity index (χ2n) is 4.21. The standard InChI is InChI=1S/C15H17NO2/c1-3-12-5-4-6-14(9-12)18-15-8-7-13(10-16-15)11(2)17/h4-11,17H,3H2,1-2H3. The first-order valence-electron chi connectivity index (χ1n) is 6.10. The molecular weight excluding hydrogens is 226 g/mol. The van der Waals surface area contributed by atoms with Crippen LogP contribution in [0.15, 0.2) is 42.6 Å². The second-order valence-corrected chi connectivity index (χ2v) is 4.21. The molecule has 0 saturated heterocycles. The average molecular weight is 243 g/mol. The van der Waals surface area contributed by atoms with E-state index in [2.05, 4.69) is 18.0 Å². The molecule has 1 unspecified atom stereocenters. The highest BCUT2D eigenvalue weighted by Crippen LogP contribution is 2.21. The van der Waals surface area contributed by atoms with Gasteiger partial charge in [-0.15, -0.1) is 0 Å². The maximum Gasteiger partial charge on any atom is 0.219 e. The fourth-order valence-electron chi connectivity index (χ4n) is 1.65. The molecular formula is C15H17NO2. The van der Waals surface area contributed by atoms with E-state index in [1.165, 1.54) is 5.56 Å². The normalized spacial score (nSPS) is 12.2. The highest BCUT2D eigenvalue weighted by molar-refractivity contribution is 5.32. The van der Waals surface area contributed by atoms with Crippen LogP contribution >= 0.6 is 0 Å². The van der Waals surface area contributed by atoms with Crippen LogP contribution in [0.4, 0.5) is 0 Å². The minimum absolute atomic E-state index is 0.505. The van der Waals surface area contributed by atoms with Gasteiger partial charge < -0.3 is 9.84 Å². The summed E-state index contributed by atoms with van der Waals surface area (Å²) in [5.41, 5.74) is 2.01. The van der Waals surface area contributed by atoms with Gasteiger partial charge in [0.05, 0.1) is 6.10 Å². The van der Waals surface area contributed by atoms with Gasteiger partial charge in [-0.25, -0.2) is 4.98 Å². The molecule has 0 aliphatic carbocycles. The van der Waals surface area contributed by atoms with Gasteiger partial charge in [0.2, 0.25) is 5.88 Å². The molecule has 1 aromatic heterocycles. The number of pyridine rings is 1. The predicted octanol–water partition coefficient (Wildman–Crippen LogP) is 3.49. The molecule has 1 heterocycles. The van der Waals surface area contributed by atoms with E-state index in [0.29, 0.717) is 5.88 Å². The molecule has 94 valence electrons. The summed E-state index contributed by atoms with van der Waals surface area (Å²) in [6, 6.07) is 11.5. The van der Waals surface area contributed by atoms with Crippen molar-refractivity contribution >= 4 is 0 Å². The Bertz CT molecular complexity index is 506. The van der Waals surface area contributed by atoms with Crippen LogP contribution in [0.5, 0.6) is 11.6 Å². The van der Waals surface area contributed by atoms with Gasteiger partial charge in [0.1, 0.15) is 5.75 Å². The van der Waals surface area contributed by atoms with E-state index in [4.69, 9.17) is 4.74 Å². The molecule has 0 amide bonds. The maximum atomic E-state index is 9.39. The molecule has 3 heteroatoms. The minimum atomic E-state index is -0.505. The third-order valence-electron chi connectivity index (χ3n) is 2.77. The highest BCUT2D eigenvalue weighted by atomic mass is 16.5. The maximum absolute atomic E-state index is 9.39. The number of nitrogens with zero attached hydrogens (tertiary/aromatic N) is 1. The minimum Gasteiger partial charge on any atom is -0.439 e. The van der Waals surface area contributed by atoms with Crippen molar-refractivity contribution in [3.05, 3.63) is 53.7 Å². The van der Waals surface area contributed by atoms with E-state index in [1.807, 2.05) is 24.3 Å². The summed E-state index contributed by atoms with van der Waals surface area (Å²) < 4.78 is 5.66. The van der Waals surface area contributed by atoms with Crippen LogP contribution in [0.2, 0.25) is 0 Å². The summed E-state index contributed by atoms with van der Waals surface area (Å²) in [4.78, 5) is 4.17. The molecule has 0 aliphatic heterocycles. The first-order valence-corrected chi connectivity index (χ1v) is 6.10. The van der Waals surface area contributed by atoms with Gasteiger partial charge in [-0.05, 0) is 42.7 Å². The zero-order chi connectivity index (χ0) is 13.0. The summed E-state index contributed by atoms with van der Waals surface area (Å²) in [7, 11) is 0. The fourth-order valence-corrected chi connectivity index (χ4v) is 1.65. The van der Waals surface area contributed by atoms with Crippen LogP contribution in [0, 0.1) is 0 Å². The largest absolute Gasteiger partial charge is 0.439 e. The Morgan fingerprint density at radius 1 is 1.28 bits per heavy atom. The second kappa shape index (κ2) is 5.65. The van der Waals surface area contributed by atoms with E-state index < -0.39 is 6.10 Å². The number of benzene rings is 1. The third-order valence-corrected chi connectivity index (χ3v) is 2.77. The van der Waals surface area contributed by atoms with Gasteiger partial charge in [0, 0.05) is 12.3 Å². The quantitative estimate of drug-likeness (QED) is 0.893. The van der Waals surface area contributed by atoms with Crippen LogP contribution in [0.1, 0.15) is 31.1 Å². The molecule has 18 heavy (non-hydrogen) atoms. The number of ether oxygens (including phenoxy) is 1. The zero-order valence-electron chi connectivity index (χ0n) is 10.6. The number of hydrogen-bond acceptors (Lipinski definition) is 3. The number of aliphatic hydroxyl groups excluding tert-OH is 1. The van der Waals surface area contributed by atoms with Gasteiger partial charge >= 0.3 is 0 Å². The van der Waals surface area contributed by atoms with E-state index in [9.17, 15) is 5.11 Å². The van der Waals surface area contributed by atoms with Crippen LogP contribution in [0.25, 0.3) is 0 Å². The zero-order valence-corrected chi connectivity index (χ0v) is 10.6. The Kier molecular flexibility index (Phi) is 3.95. The lowest BCUT2D eigenvalue weighted by Gasteiger charge is -2.08. The van der Waals surface area contributed by atoms with Crippen molar-refractivity contribution < 1.29 is 9.84 Å². The topological polar surface area (TPSA) is 42.4 Å². The number of hydrogen-bond donors (Lipinski definition) is 1. The van der Waals surface area contributed by atoms with Crippen LogP contribution in [0.3, 0.4) is 0 Å². The number of rotatable bonds is 4. The van der Waals surface area contributed by atoms with Crippen molar-refractivity contribution in [3.8, 4) is 11.6 Å². The smallest absolute Gasteiger partial charge is 0.219 e. The summed E-state index contributed by atoms with van der Waals surface area (Å²) in [5, 5.41) is 9.39. The van der Waals surface area contributed by atoms with Gasteiger partial charge in [-0.2, -0.15) is 0 Å². The molecule has 0 spiro atoms. The predicted molar refractivity (Wildman–Crippen MR) is 70.8 cm³/mol. The SMILES string of the molecule is CCc1cccc(Oc2ccc(C(C)O)cn2)c1. The van der Waals surface area contributed by atoms with E-state index in [-0.39, 0.29) is 0 Å². The number of aliphatic hydroxyl groups is 1. The molecule has 1 aromatic carbocycles. The summed E-state index contributed by atoms with van der Waals surface area (Å²) in [6.45, 7) is 3.82. The Morgan fingerprint density at radius 2 is 2.11 bits per heavy atom. The molecule has 2 rings (SSSR count). The van der Waals surface area contributed by atoms with Crippen molar-refractivity contribution in [2.75, 3.05) is 0 Å². The average Bonchev–Trinajstić information content (AvgIpc) is 2.39. The van der Waals surface area contributed by atoms with Crippen LogP contribution < -0.4 is 4.74 Å². The summed E-state index contributed by atoms with van der Waals surface area (Å²) in [5.74, 6) is 1.32. The first-order chi connectivity index (χ1) is 8.69. The van der Waals surface area contributed by atoms with Crippen molar-refractivity contribution in [2.24, 2.45) is 0 Å². The lowest BCUT2D eigenvalue weighted by atomic mass is 10.2. The molecule has 1 N–H and O–H groups in total. The molecule has 0 fully saturated rings. The number of aromatic nitrogens is 1. The molecule has 0 bridgehead atoms.